The minimum Gasteiger partial charge on any atom is -0.524 e. The molecule has 1 N–H and O–H groups in total. The Balaban J connectivity index is 2.31. The van der Waals surface area contributed by atoms with E-state index in [0.29, 0.717) is 22.8 Å². The molecule has 0 atom stereocenters. The Morgan fingerprint density at radius 3 is 2.58 bits per heavy atom. The number of hydrogen-bond donors (Lipinski definition) is 1. The van der Waals surface area contributed by atoms with Crippen molar-refractivity contribution in [2.75, 3.05) is 4.98 Å². The number of benzene rings is 1. The number of fused-ring (bicyclic) bond motifs is 2. The summed E-state index contributed by atoms with van der Waals surface area (Å²) < 4.78 is 11.8. The molecule has 0 fully saturated rings. The van der Waals surface area contributed by atoms with E-state index in [1.54, 1.807) is 13.0 Å². The van der Waals surface area contributed by atoms with Crippen molar-refractivity contribution in [3.05, 3.63) is 52.1 Å². The molecule has 3 rings (SSSR count). The molecular formula is C18H22N2O3Si. The van der Waals surface area contributed by atoms with Gasteiger partial charge in [-0.2, -0.15) is 0 Å². The second kappa shape index (κ2) is 6.28. The average molecular weight is 342 g/mol. The molecule has 0 unspecified atom stereocenters. The van der Waals surface area contributed by atoms with Crippen LogP contribution in [0.25, 0.3) is 0 Å². The molecule has 0 amide bonds. The summed E-state index contributed by atoms with van der Waals surface area (Å²) in [5.41, 5.74) is 2.37. The van der Waals surface area contributed by atoms with E-state index < -0.39 is 14.1 Å². The van der Waals surface area contributed by atoms with Crippen LogP contribution < -0.4 is 15.0 Å². The van der Waals surface area contributed by atoms with Gasteiger partial charge in [0.1, 0.15) is 17.1 Å². The smallest absolute Gasteiger partial charge is 0.357 e. The van der Waals surface area contributed by atoms with Gasteiger partial charge in [-0.05, 0) is 38.1 Å². The maximum atomic E-state index is 12.4. The highest BCUT2D eigenvalue weighted by molar-refractivity contribution is 6.77. The summed E-state index contributed by atoms with van der Waals surface area (Å²) in [5, 5.41) is 0. The van der Waals surface area contributed by atoms with Gasteiger partial charge in [0, 0.05) is 6.07 Å². The molecule has 1 aromatic carbocycles. The van der Waals surface area contributed by atoms with Gasteiger partial charge < -0.3 is 13.8 Å². The van der Waals surface area contributed by atoms with Crippen LogP contribution in [-0.4, -0.2) is 14.2 Å². The van der Waals surface area contributed by atoms with Gasteiger partial charge in [-0.25, -0.2) is 4.79 Å². The molecule has 1 aliphatic heterocycles. The van der Waals surface area contributed by atoms with Gasteiger partial charge >= 0.3 is 14.1 Å². The molecule has 0 radical (unpaired) electrons. The predicted molar refractivity (Wildman–Crippen MR) is 99.0 cm³/mol. The molecule has 5 nitrogen and oxygen atoms in total. The summed E-state index contributed by atoms with van der Waals surface area (Å²) in [6.45, 7) is 7.81. The van der Waals surface area contributed by atoms with E-state index in [2.05, 4.69) is 23.8 Å². The summed E-state index contributed by atoms with van der Waals surface area (Å²) in [6, 6.07) is 11.4. The molecular weight excluding hydrogens is 320 g/mol. The first-order valence-corrected chi connectivity index (χ1v) is 10.6. The number of hydrogen-bond acceptors (Lipinski definition) is 5. The van der Waals surface area contributed by atoms with Crippen molar-refractivity contribution in [2.45, 2.75) is 39.8 Å². The first-order chi connectivity index (χ1) is 11.5. The van der Waals surface area contributed by atoms with E-state index in [0.717, 1.165) is 23.5 Å². The van der Waals surface area contributed by atoms with E-state index in [1.807, 2.05) is 31.2 Å². The molecule has 0 bridgehead atoms. The van der Waals surface area contributed by atoms with E-state index in [9.17, 15) is 4.79 Å². The zero-order valence-corrected chi connectivity index (χ0v) is 15.5. The first-order valence-electron chi connectivity index (χ1n) is 8.24. The third kappa shape index (κ3) is 2.89. The highest BCUT2D eigenvalue weighted by Gasteiger charge is 2.37. The number of aliphatic imine (C=N–C) groups is 1. The number of aryl methyl sites for hydroxylation is 1. The Morgan fingerprint density at radius 2 is 1.88 bits per heavy atom. The van der Waals surface area contributed by atoms with Crippen LogP contribution in [0.1, 0.15) is 32.1 Å². The van der Waals surface area contributed by atoms with Crippen LogP contribution in [0.15, 0.2) is 44.5 Å². The van der Waals surface area contributed by atoms with Gasteiger partial charge in [0.2, 0.25) is 0 Å². The molecule has 6 heteroatoms. The summed E-state index contributed by atoms with van der Waals surface area (Å²) in [4.78, 5) is 20.7. The number of para-hydroxylation sites is 2. The van der Waals surface area contributed by atoms with E-state index in [1.165, 1.54) is 0 Å². The second-order valence-electron chi connectivity index (χ2n) is 6.03. The number of nitrogens with zero attached hydrogens (tertiary/aromatic N) is 1. The largest absolute Gasteiger partial charge is 0.524 e. The van der Waals surface area contributed by atoms with Crippen molar-refractivity contribution in [3.63, 3.8) is 0 Å². The predicted octanol–water partition coefficient (Wildman–Crippen LogP) is 4.38. The van der Waals surface area contributed by atoms with E-state index in [-0.39, 0.29) is 0 Å². The van der Waals surface area contributed by atoms with Gasteiger partial charge in [-0.3, -0.25) is 4.99 Å². The Bertz CT molecular complexity index is 854. The second-order valence-corrected chi connectivity index (χ2v) is 9.88. The first kappa shape index (κ1) is 16.5. The molecule has 24 heavy (non-hydrogen) atoms. The topological polar surface area (TPSA) is 63.8 Å². The molecule has 2 heterocycles. The fraction of sp³-hybridized carbons (Fsp3) is 0.333. The Labute approximate surface area is 142 Å². The third-order valence-corrected chi connectivity index (χ3v) is 8.02. The van der Waals surface area contributed by atoms with Crippen LogP contribution in [0.2, 0.25) is 12.1 Å². The van der Waals surface area contributed by atoms with Crippen LogP contribution in [0, 0.1) is 6.92 Å². The van der Waals surface area contributed by atoms with Gasteiger partial charge in [0.05, 0.1) is 17.1 Å². The summed E-state index contributed by atoms with van der Waals surface area (Å²) in [6.07, 6.45) is 0. The van der Waals surface area contributed by atoms with Crippen molar-refractivity contribution in [2.24, 2.45) is 4.99 Å². The minimum absolute atomic E-state index is 0.402. The van der Waals surface area contributed by atoms with Crippen molar-refractivity contribution in [3.8, 4) is 5.75 Å². The zero-order valence-electron chi connectivity index (χ0n) is 14.5. The number of nitrogens with one attached hydrogen (secondary N) is 1. The van der Waals surface area contributed by atoms with Gasteiger partial charge in [-0.15, -0.1) is 0 Å². The van der Waals surface area contributed by atoms with Crippen molar-refractivity contribution < 1.29 is 8.84 Å². The quantitative estimate of drug-likeness (QED) is 0.823. The number of anilines is 1. The molecule has 0 aliphatic carbocycles. The van der Waals surface area contributed by atoms with Crippen LogP contribution in [0.3, 0.4) is 0 Å². The molecule has 0 saturated carbocycles. The molecule has 1 aliphatic rings. The maximum absolute atomic E-state index is 12.4. The van der Waals surface area contributed by atoms with Crippen LogP contribution in [0.4, 0.5) is 11.4 Å². The highest BCUT2D eigenvalue weighted by atomic mass is 28.4. The summed E-state index contributed by atoms with van der Waals surface area (Å²) >= 11 is 0. The molecule has 0 spiro atoms. The Hall–Kier alpha value is -2.34. The third-order valence-electron chi connectivity index (χ3n) is 4.40. The van der Waals surface area contributed by atoms with Gasteiger partial charge in [0.15, 0.2) is 0 Å². The molecule has 2 aromatic rings. The number of rotatable bonds is 2. The lowest BCUT2D eigenvalue weighted by molar-refractivity contribution is 0.458. The summed E-state index contributed by atoms with van der Waals surface area (Å²) in [5.74, 6) is 1.11. The Morgan fingerprint density at radius 1 is 1.17 bits per heavy atom. The lowest BCUT2D eigenvalue weighted by Crippen LogP contribution is -2.49. The zero-order chi connectivity index (χ0) is 17.3. The Kier molecular flexibility index (Phi) is 4.32. The maximum Gasteiger partial charge on any atom is 0.357 e. The van der Waals surface area contributed by atoms with Gasteiger partial charge in [-0.1, -0.05) is 26.0 Å². The molecule has 126 valence electrons. The van der Waals surface area contributed by atoms with Gasteiger partial charge in [0.25, 0.3) is 0 Å². The molecule has 1 aromatic heterocycles. The highest BCUT2D eigenvalue weighted by Crippen LogP contribution is 2.34. The monoisotopic (exact) mass is 342 g/mol. The van der Waals surface area contributed by atoms with Crippen molar-refractivity contribution in [1.29, 1.82) is 0 Å². The van der Waals surface area contributed by atoms with Crippen LogP contribution in [-0.2, 0) is 0 Å². The summed E-state index contributed by atoms with van der Waals surface area (Å²) in [7, 11) is -2.33. The van der Waals surface area contributed by atoms with Crippen LogP contribution in [0.5, 0.6) is 5.75 Å². The van der Waals surface area contributed by atoms with Crippen LogP contribution >= 0.6 is 0 Å². The van der Waals surface area contributed by atoms with Crippen molar-refractivity contribution in [1.82, 2.24) is 0 Å². The SMILES string of the molecule is CC[Si]1(CC)Nc2ccccc2N=C(C)c2c(cc(C)oc2=O)O1. The minimum atomic E-state index is -2.33. The lowest BCUT2D eigenvalue weighted by atomic mass is 10.1. The fourth-order valence-electron chi connectivity index (χ4n) is 2.96. The van der Waals surface area contributed by atoms with E-state index >= 15 is 0 Å². The standard InChI is InChI=1S/C18H22N2O3Si/c1-5-24(6-2)20-15-10-8-7-9-14(15)19-13(4)17-16(23-24)11-12(3)22-18(17)21/h7-11,20H,5-6H2,1-4H3. The normalized spacial score (nSPS) is 15.6. The van der Waals surface area contributed by atoms with Crippen molar-refractivity contribution >= 4 is 25.6 Å². The average Bonchev–Trinajstić information content (AvgIpc) is 2.59. The fourth-order valence-corrected chi connectivity index (χ4v) is 5.43. The van der Waals surface area contributed by atoms with E-state index in [4.69, 9.17) is 8.84 Å². The molecule has 0 saturated heterocycles. The lowest BCUT2D eigenvalue weighted by Gasteiger charge is -2.31.